The quantitative estimate of drug-likeness (QED) is 0.812. The fourth-order valence-corrected chi connectivity index (χ4v) is 2.57. The molecule has 1 unspecified atom stereocenters. The van der Waals surface area contributed by atoms with E-state index < -0.39 is 0 Å². The lowest BCUT2D eigenvalue weighted by Gasteiger charge is -2.29. The summed E-state index contributed by atoms with van der Waals surface area (Å²) in [5.41, 5.74) is 1.73. The molecule has 20 heavy (non-hydrogen) atoms. The van der Waals surface area contributed by atoms with Gasteiger partial charge in [-0.1, -0.05) is 19.9 Å². The number of nitrogens with one attached hydrogen (secondary N) is 1. The molecule has 0 heterocycles. The largest absolute Gasteiger partial charge is 0.370 e. The predicted molar refractivity (Wildman–Crippen MR) is 83.6 cm³/mol. The van der Waals surface area contributed by atoms with Gasteiger partial charge in [0.15, 0.2) is 0 Å². The van der Waals surface area contributed by atoms with Gasteiger partial charge in [0.05, 0.1) is 5.69 Å². The third-order valence-electron chi connectivity index (χ3n) is 4.04. The third-order valence-corrected chi connectivity index (χ3v) is 4.04. The molecule has 2 rings (SSSR count). The standard InChI is InChI=1S/C17H27FN2/c1-12(2)9-13(3)20(4)17-8-5-14(10-16(17)18)11-19-15-6-7-15/h5,8,10,12-13,15,19H,6-7,9,11H2,1-4H3. The number of benzene rings is 1. The van der Waals surface area contributed by atoms with E-state index in [0.717, 1.165) is 18.5 Å². The van der Waals surface area contributed by atoms with Gasteiger partial charge in [-0.05, 0) is 49.8 Å². The number of hydrogen-bond donors (Lipinski definition) is 1. The summed E-state index contributed by atoms with van der Waals surface area (Å²) in [5, 5.41) is 3.42. The molecule has 0 spiro atoms. The van der Waals surface area contributed by atoms with E-state index in [-0.39, 0.29) is 5.82 Å². The van der Waals surface area contributed by atoms with Crippen LogP contribution in [0.3, 0.4) is 0 Å². The van der Waals surface area contributed by atoms with Crippen LogP contribution in [0.15, 0.2) is 18.2 Å². The van der Waals surface area contributed by atoms with Crippen molar-refractivity contribution in [1.29, 1.82) is 0 Å². The SMILES string of the molecule is CC(C)CC(C)N(C)c1ccc(CNC2CC2)cc1F. The van der Waals surface area contributed by atoms with Gasteiger partial charge in [0, 0.05) is 25.7 Å². The van der Waals surface area contributed by atoms with Crippen molar-refractivity contribution in [2.45, 2.75) is 58.7 Å². The predicted octanol–water partition coefficient (Wildman–Crippen LogP) is 3.95. The van der Waals surface area contributed by atoms with Crippen LogP contribution in [0.1, 0.15) is 45.6 Å². The lowest BCUT2D eigenvalue weighted by atomic mass is 10.0. The second-order valence-corrected chi connectivity index (χ2v) is 6.53. The van der Waals surface area contributed by atoms with Gasteiger partial charge in [-0.15, -0.1) is 0 Å². The summed E-state index contributed by atoms with van der Waals surface area (Å²) in [6, 6.07) is 6.62. The van der Waals surface area contributed by atoms with Gasteiger partial charge in [0.2, 0.25) is 0 Å². The molecule has 0 bridgehead atoms. The molecule has 1 N–H and O–H groups in total. The number of hydrogen-bond acceptors (Lipinski definition) is 2. The summed E-state index contributed by atoms with van der Waals surface area (Å²) < 4.78 is 14.3. The first-order valence-corrected chi connectivity index (χ1v) is 7.72. The highest BCUT2D eigenvalue weighted by molar-refractivity contribution is 5.49. The molecule has 1 aliphatic rings. The third kappa shape index (κ3) is 4.20. The van der Waals surface area contributed by atoms with Crippen LogP contribution in [-0.4, -0.2) is 19.1 Å². The van der Waals surface area contributed by atoms with Crippen molar-refractivity contribution in [2.75, 3.05) is 11.9 Å². The van der Waals surface area contributed by atoms with E-state index in [1.54, 1.807) is 6.07 Å². The maximum absolute atomic E-state index is 14.3. The van der Waals surface area contributed by atoms with Crippen molar-refractivity contribution in [3.05, 3.63) is 29.6 Å². The first-order valence-electron chi connectivity index (χ1n) is 7.72. The van der Waals surface area contributed by atoms with Gasteiger partial charge in [0.25, 0.3) is 0 Å². The van der Waals surface area contributed by atoms with Gasteiger partial charge in [-0.3, -0.25) is 0 Å². The van der Waals surface area contributed by atoms with Crippen LogP contribution >= 0.6 is 0 Å². The monoisotopic (exact) mass is 278 g/mol. The lowest BCUT2D eigenvalue weighted by Crippen LogP contribution is -2.30. The first kappa shape index (κ1) is 15.3. The van der Waals surface area contributed by atoms with Crippen LogP contribution < -0.4 is 10.2 Å². The highest BCUT2D eigenvalue weighted by atomic mass is 19.1. The lowest BCUT2D eigenvalue weighted by molar-refractivity contribution is 0.498. The number of halogens is 1. The zero-order chi connectivity index (χ0) is 14.7. The summed E-state index contributed by atoms with van der Waals surface area (Å²) >= 11 is 0. The minimum Gasteiger partial charge on any atom is -0.370 e. The molecule has 1 aromatic carbocycles. The maximum Gasteiger partial charge on any atom is 0.146 e. The van der Waals surface area contributed by atoms with Gasteiger partial charge in [0.1, 0.15) is 5.82 Å². The number of nitrogens with zero attached hydrogens (tertiary/aromatic N) is 1. The Morgan fingerprint density at radius 2 is 2.00 bits per heavy atom. The Morgan fingerprint density at radius 3 is 2.55 bits per heavy atom. The van der Waals surface area contributed by atoms with E-state index in [4.69, 9.17) is 0 Å². The zero-order valence-corrected chi connectivity index (χ0v) is 13.1. The summed E-state index contributed by atoms with van der Waals surface area (Å²) in [6.45, 7) is 7.33. The minimum atomic E-state index is -0.113. The molecule has 112 valence electrons. The van der Waals surface area contributed by atoms with Crippen molar-refractivity contribution < 1.29 is 4.39 Å². The molecule has 1 saturated carbocycles. The number of rotatable bonds is 7. The molecule has 1 fully saturated rings. The molecule has 2 nitrogen and oxygen atoms in total. The van der Waals surface area contributed by atoms with Crippen molar-refractivity contribution in [3.63, 3.8) is 0 Å². The molecule has 1 aromatic rings. The molecule has 0 saturated heterocycles. The fraction of sp³-hybridized carbons (Fsp3) is 0.647. The Balaban J connectivity index is 1.99. The van der Waals surface area contributed by atoms with Crippen molar-refractivity contribution in [2.24, 2.45) is 5.92 Å². The summed E-state index contributed by atoms with van der Waals surface area (Å²) in [4.78, 5) is 2.05. The van der Waals surface area contributed by atoms with E-state index in [2.05, 4.69) is 26.1 Å². The average Bonchev–Trinajstić information content (AvgIpc) is 3.19. The van der Waals surface area contributed by atoms with Gasteiger partial charge in [-0.25, -0.2) is 4.39 Å². The van der Waals surface area contributed by atoms with Crippen LogP contribution in [0, 0.1) is 11.7 Å². The topological polar surface area (TPSA) is 15.3 Å². The van der Waals surface area contributed by atoms with E-state index in [0.29, 0.717) is 23.7 Å². The van der Waals surface area contributed by atoms with E-state index in [9.17, 15) is 4.39 Å². The van der Waals surface area contributed by atoms with E-state index >= 15 is 0 Å². The van der Waals surface area contributed by atoms with Crippen LogP contribution in [0.25, 0.3) is 0 Å². The van der Waals surface area contributed by atoms with Crippen molar-refractivity contribution in [1.82, 2.24) is 5.32 Å². The van der Waals surface area contributed by atoms with Gasteiger partial charge in [-0.2, -0.15) is 0 Å². The normalized spacial score (nSPS) is 16.5. The van der Waals surface area contributed by atoms with E-state index in [1.165, 1.54) is 12.8 Å². The molecule has 1 aliphatic carbocycles. The minimum absolute atomic E-state index is 0.113. The Morgan fingerprint density at radius 1 is 1.30 bits per heavy atom. The highest BCUT2D eigenvalue weighted by Gasteiger charge is 2.20. The molecule has 3 heteroatoms. The Labute approximate surface area is 122 Å². The molecule has 0 radical (unpaired) electrons. The Kier molecular flexibility index (Phi) is 5.03. The van der Waals surface area contributed by atoms with Gasteiger partial charge < -0.3 is 10.2 Å². The second-order valence-electron chi connectivity index (χ2n) is 6.53. The first-order chi connectivity index (χ1) is 9.47. The molecule has 1 atom stereocenters. The molecule has 0 aromatic heterocycles. The van der Waals surface area contributed by atoms with Gasteiger partial charge >= 0.3 is 0 Å². The summed E-state index contributed by atoms with van der Waals surface area (Å²) in [6.07, 6.45) is 3.59. The van der Waals surface area contributed by atoms with Crippen molar-refractivity contribution in [3.8, 4) is 0 Å². The molecular formula is C17H27FN2. The van der Waals surface area contributed by atoms with Crippen LogP contribution in [0.4, 0.5) is 10.1 Å². The van der Waals surface area contributed by atoms with Crippen LogP contribution in [0.5, 0.6) is 0 Å². The van der Waals surface area contributed by atoms with Crippen molar-refractivity contribution >= 4 is 5.69 Å². The highest BCUT2D eigenvalue weighted by Crippen LogP contribution is 2.24. The average molecular weight is 278 g/mol. The Bertz CT molecular complexity index is 441. The fourth-order valence-electron chi connectivity index (χ4n) is 2.57. The maximum atomic E-state index is 14.3. The summed E-state index contributed by atoms with van der Waals surface area (Å²) in [7, 11) is 1.98. The Hall–Kier alpha value is -1.09. The smallest absolute Gasteiger partial charge is 0.146 e. The zero-order valence-electron chi connectivity index (χ0n) is 13.1. The van der Waals surface area contributed by atoms with E-state index in [1.807, 2.05) is 24.1 Å². The summed E-state index contributed by atoms with van der Waals surface area (Å²) in [5.74, 6) is 0.510. The number of anilines is 1. The van der Waals surface area contributed by atoms with Crippen LogP contribution in [-0.2, 0) is 6.54 Å². The second kappa shape index (κ2) is 6.57. The molecule has 0 amide bonds. The van der Waals surface area contributed by atoms with Crippen LogP contribution in [0.2, 0.25) is 0 Å². The molecule has 0 aliphatic heterocycles. The molecular weight excluding hydrogens is 251 g/mol.